The van der Waals surface area contributed by atoms with Gasteiger partial charge in [-0.15, -0.1) is 0 Å². The number of benzene rings is 1. The van der Waals surface area contributed by atoms with E-state index in [-0.39, 0.29) is 6.61 Å². The first kappa shape index (κ1) is 12.1. The van der Waals surface area contributed by atoms with Crippen molar-refractivity contribution in [3.63, 3.8) is 0 Å². The van der Waals surface area contributed by atoms with Gasteiger partial charge in [-0.2, -0.15) is 0 Å². The predicted molar refractivity (Wildman–Crippen MR) is 68.9 cm³/mol. The minimum atomic E-state index is -0.396. The largest absolute Gasteiger partial charge is 0.456 e. The van der Waals surface area contributed by atoms with Gasteiger partial charge >= 0.3 is 5.97 Å². The summed E-state index contributed by atoms with van der Waals surface area (Å²) >= 11 is 0. The highest BCUT2D eigenvalue weighted by Crippen LogP contribution is 2.10. The number of rotatable bonds is 3. The molecule has 0 aliphatic rings. The van der Waals surface area contributed by atoms with Crippen molar-refractivity contribution >= 4 is 11.7 Å². The van der Waals surface area contributed by atoms with Crippen LogP contribution in [0.1, 0.15) is 21.6 Å². The molecule has 4 heteroatoms. The SMILES string of the molecule is Cc1cccnc1COC(=O)c1cccc(N)c1. The molecule has 0 aliphatic carbocycles. The second-order valence-electron chi connectivity index (χ2n) is 3.97. The van der Waals surface area contributed by atoms with Gasteiger partial charge < -0.3 is 10.5 Å². The van der Waals surface area contributed by atoms with Crippen LogP contribution in [-0.4, -0.2) is 11.0 Å². The smallest absolute Gasteiger partial charge is 0.338 e. The Kier molecular flexibility index (Phi) is 3.57. The molecule has 1 aromatic carbocycles. The average molecular weight is 242 g/mol. The van der Waals surface area contributed by atoms with Crippen LogP contribution in [0.2, 0.25) is 0 Å². The molecule has 0 saturated heterocycles. The van der Waals surface area contributed by atoms with Crippen molar-refractivity contribution in [1.82, 2.24) is 4.98 Å². The van der Waals surface area contributed by atoms with Crippen molar-refractivity contribution in [3.05, 3.63) is 59.4 Å². The van der Waals surface area contributed by atoms with Crippen LogP contribution in [0.5, 0.6) is 0 Å². The summed E-state index contributed by atoms with van der Waals surface area (Å²) in [6.07, 6.45) is 1.68. The molecule has 4 nitrogen and oxygen atoms in total. The molecule has 2 rings (SSSR count). The van der Waals surface area contributed by atoms with E-state index in [9.17, 15) is 4.79 Å². The number of hydrogen-bond donors (Lipinski definition) is 1. The van der Waals surface area contributed by atoms with Crippen molar-refractivity contribution < 1.29 is 9.53 Å². The summed E-state index contributed by atoms with van der Waals surface area (Å²) in [6, 6.07) is 10.5. The van der Waals surface area contributed by atoms with E-state index < -0.39 is 5.97 Å². The number of carbonyl (C=O) groups excluding carboxylic acids is 1. The van der Waals surface area contributed by atoms with Gasteiger partial charge in [0.2, 0.25) is 0 Å². The highest BCUT2D eigenvalue weighted by atomic mass is 16.5. The summed E-state index contributed by atoms with van der Waals surface area (Å²) in [5.74, 6) is -0.396. The molecule has 0 radical (unpaired) electrons. The van der Waals surface area contributed by atoms with Gasteiger partial charge in [0.15, 0.2) is 0 Å². The Labute approximate surface area is 105 Å². The van der Waals surface area contributed by atoms with Crippen LogP contribution in [0.4, 0.5) is 5.69 Å². The zero-order chi connectivity index (χ0) is 13.0. The minimum absolute atomic E-state index is 0.167. The van der Waals surface area contributed by atoms with Crippen LogP contribution in [0.15, 0.2) is 42.6 Å². The number of carbonyl (C=O) groups is 1. The first-order valence-corrected chi connectivity index (χ1v) is 5.60. The molecule has 2 aromatic rings. The Hall–Kier alpha value is -2.36. The first-order chi connectivity index (χ1) is 8.66. The fourth-order valence-electron chi connectivity index (χ4n) is 1.55. The van der Waals surface area contributed by atoms with Gasteiger partial charge in [-0.05, 0) is 36.8 Å². The van der Waals surface area contributed by atoms with Crippen LogP contribution in [-0.2, 0) is 11.3 Å². The number of esters is 1. The fourth-order valence-corrected chi connectivity index (χ4v) is 1.55. The topological polar surface area (TPSA) is 65.2 Å². The average Bonchev–Trinajstić information content (AvgIpc) is 2.37. The summed E-state index contributed by atoms with van der Waals surface area (Å²) in [5, 5.41) is 0. The zero-order valence-electron chi connectivity index (χ0n) is 10.1. The maximum atomic E-state index is 11.8. The van der Waals surface area contributed by atoms with Crippen molar-refractivity contribution in [2.75, 3.05) is 5.73 Å². The summed E-state index contributed by atoms with van der Waals surface area (Å²) < 4.78 is 5.19. The lowest BCUT2D eigenvalue weighted by Gasteiger charge is -2.06. The van der Waals surface area contributed by atoms with Crippen molar-refractivity contribution in [3.8, 4) is 0 Å². The number of aryl methyl sites for hydroxylation is 1. The standard InChI is InChI=1S/C14H14N2O2/c1-10-4-3-7-16-13(10)9-18-14(17)11-5-2-6-12(15)8-11/h2-8H,9,15H2,1H3. The van der Waals surface area contributed by atoms with E-state index in [1.807, 2.05) is 19.1 Å². The minimum Gasteiger partial charge on any atom is -0.456 e. The first-order valence-electron chi connectivity index (χ1n) is 5.60. The molecule has 0 amide bonds. The van der Waals surface area contributed by atoms with Gasteiger partial charge in [-0.25, -0.2) is 4.79 Å². The Morgan fingerprint density at radius 3 is 2.89 bits per heavy atom. The van der Waals surface area contributed by atoms with Crippen LogP contribution in [0, 0.1) is 6.92 Å². The Morgan fingerprint density at radius 1 is 1.33 bits per heavy atom. The Morgan fingerprint density at radius 2 is 2.17 bits per heavy atom. The van der Waals surface area contributed by atoms with E-state index in [1.165, 1.54) is 0 Å². The molecule has 0 spiro atoms. The van der Waals surface area contributed by atoms with E-state index >= 15 is 0 Å². The van der Waals surface area contributed by atoms with E-state index in [0.29, 0.717) is 11.3 Å². The molecule has 0 aliphatic heterocycles. The molecule has 18 heavy (non-hydrogen) atoms. The second kappa shape index (κ2) is 5.31. The Balaban J connectivity index is 2.03. The molecule has 92 valence electrons. The number of nitrogens with two attached hydrogens (primary N) is 1. The molecule has 0 unspecified atom stereocenters. The zero-order valence-corrected chi connectivity index (χ0v) is 10.1. The molecule has 1 heterocycles. The number of nitrogen functional groups attached to an aromatic ring is 1. The normalized spacial score (nSPS) is 10.1. The summed E-state index contributed by atoms with van der Waals surface area (Å²) in [5.41, 5.74) is 8.35. The van der Waals surface area contributed by atoms with E-state index in [1.54, 1.807) is 30.5 Å². The van der Waals surface area contributed by atoms with Crippen LogP contribution >= 0.6 is 0 Å². The molecule has 0 saturated carbocycles. The lowest BCUT2D eigenvalue weighted by Crippen LogP contribution is -2.07. The van der Waals surface area contributed by atoms with E-state index in [0.717, 1.165) is 11.3 Å². The third-order valence-corrected chi connectivity index (χ3v) is 2.58. The van der Waals surface area contributed by atoms with Crippen LogP contribution in [0.3, 0.4) is 0 Å². The molecular weight excluding hydrogens is 228 g/mol. The van der Waals surface area contributed by atoms with Gasteiger partial charge in [0.25, 0.3) is 0 Å². The predicted octanol–water partition coefficient (Wildman–Crippen LogP) is 2.33. The van der Waals surface area contributed by atoms with Gasteiger partial charge in [0.1, 0.15) is 6.61 Å². The maximum Gasteiger partial charge on any atom is 0.338 e. The monoisotopic (exact) mass is 242 g/mol. The van der Waals surface area contributed by atoms with Gasteiger partial charge in [-0.1, -0.05) is 12.1 Å². The number of ether oxygens (including phenoxy) is 1. The van der Waals surface area contributed by atoms with Crippen molar-refractivity contribution in [2.45, 2.75) is 13.5 Å². The van der Waals surface area contributed by atoms with Crippen LogP contribution in [0.25, 0.3) is 0 Å². The lowest BCUT2D eigenvalue weighted by molar-refractivity contribution is 0.0467. The number of hydrogen-bond acceptors (Lipinski definition) is 4. The highest BCUT2D eigenvalue weighted by molar-refractivity contribution is 5.90. The Bertz CT molecular complexity index is 567. The number of anilines is 1. The second-order valence-corrected chi connectivity index (χ2v) is 3.97. The third-order valence-electron chi connectivity index (χ3n) is 2.58. The van der Waals surface area contributed by atoms with Crippen molar-refractivity contribution in [2.24, 2.45) is 0 Å². The quantitative estimate of drug-likeness (QED) is 0.662. The van der Waals surface area contributed by atoms with Gasteiger partial charge in [0.05, 0.1) is 11.3 Å². The highest BCUT2D eigenvalue weighted by Gasteiger charge is 2.08. The molecule has 1 aromatic heterocycles. The number of nitrogens with zero attached hydrogens (tertiary/aromatic N) is 1. The third kappa shape index (κ3) is 2.85. The lowest BCUT2D eigenvalue weighted by atomic mass is 10.2. The van der Waals surface area contributed by atoms with Gasteiger partial charge in [0, 0.05) is 11.9 Å². The molecule has 2 N–H and O–H groups in total. The number of aromatic nitrogens is 1. The summed E-state index contributed by atoms with van der Waals surface area (Å²) in [7, 11) is 0. The maximum absolute atomic E-state index is 11.8. The summed E-state index contributed by atoms with van der Waals surface area (Å²) in [6.45, 7) is 2.09. The molecule has 0 bridgehead atoms. The van der Waals surface area contributed by atoms with Crippen LogP contribution < -0.4 is 5.73 Å². The van der Waals surface area contributed by atoms with E-state index in [4.69, 9.17) is 10.5 Å². The van der Waals surface area contributed by atoms with E-state index in [2.05, 4.69) is 4.98 Å². The molecular formula is C14H14N2O2. The fraction of sp³-hybridized carbons (Fsp3) is 0.143. The molecule has 0 atom stereocenters. The summed E-state index contributed by atoms with van der Waals surface area (Å²) in [4.78, 5) is 15.9. The van der Waals surface area contributed by atoms with Crippen molar-refractivity contribution in [1.29, 1.82) is 0 Å². The van der Waals surface area contributed by atoms with Gasteiger partial charge in [-0.3, -0.25) is 4.98 Å². The molecule has 0 fully saturated rings. The number of pyridine rings is 1.